The maximum atomic E-state index is 12.8. The molecule has 1 heterocycles. The summed E-state index contributed by atoms with van der Waals surface area (Å²) in [6.45, 7) is 1.98. The van der Waals surface area contributed by atoms with Crippen LogP contribution in [0.5, 0.6) is 0 Å². The van der Waals surface area contributed by atoms with Crippen molar-refractivity contribution in [2.24, 2.45) is 0 Å². The zero-order valence-electron chi connectivity index (χ0n) is 12.4. The highest BCUT2D eigenvalue weighted by molar-refractivity contribution is 6.06. The van der Waals surface area contributed by atoms with Crippen LogP contribution < -0.4 is 4.90 Å². The number of aliphatic hydroxyl groups excluding tert-OH is 1. The van der Waals surface area contributed by atoms with E-state index in [1.807, 2.05) is 42.5 Å². The summed E-state index contributed by atoms with van der Waals surface area (Å²) < 4.78 is 0. The molecule has 2 atom stereocenters. The van der Waals surface area contributed by atoms with Crippen molar-refractivity contribution in [3.8, 4) is 0 Å². The van der Waals surface area contributed by atoms with Crippen molar-refractivity contribution in [1.29, 1.82) is 0 Å². The van der Waals surface area contributed by atoms with Crippen LogP contribution in [0.25, 0.3) is 0 Å². The minimum absolute atomic E-state index is 0.00582. The van der Waals surface area contributed by atoms with E-state index in [0.29, 0.717) is 17.8 Å². The lowest BCUT2D eigenvalue weighted by Gasteiger charge is -2.24. The number of nitrogens with zero attached hydrogens (tertiary/aromatic N) is 1. The fraction of sp³-hybridized carbons (Fsp3) is 0.278. The molecule has 0 radical (unpaired) electrons. The Hall–Kier alpha value is -2.17. The lowest BCUT2D eigenvalue weighted by molar-refractivity contribution is -0.139. The van der Waals surface area contributed by atoms with Crippen molar-refractivity contribution in [2.45, 2.75) is 31.6 Å². The maximum Gasteiger partial charge on any atom is 0.264 e. The molecule has 0 aliphatic carbocycles. The van der Waals surface area contributed by atoms with E-state index in [2.05, 4.69) is 0 Å². The summed E-state index contributed by atoms with van der Waals surface area (Å²) >= 11 is 0. The van der Waals surface area contributed by atoms with Crippen LogP contribution in [0.2, 0.25) is 0 Å². The monoisotopic (exact) mass is 297 g/mol. The molecule has 0 saturated carbocycles. The van der Waals surface area contributed by atoms with Crippen molar-refractivity contribution >= 4 is 11.6 Å². The number of carbonyl (C=O) groups excluding carboxylic acids is 1. The number of benzene rings is 2. The van der Waals surface area contributed by atoms with Crippen molar-refractivity contribution in [2.75, 3.05) is 4.90 Å². The molecule has 2 aromatic rings. The highest BCUT2D eigenvalue weighted by Crippen LogP contribution is 2.43. The third kappa shape index (κ3) is 2.40. The molecule has 1 amide bonds. The second kappa shape index (κ2) is 5.55. The SMILES string of the molecule is C[C@H](O)C[C@@]1(O)C(=O)N(Cc2ccccc2)c2ccccc21. The van der Waals surface area contributed by atoms with Crippen LogP contribution in [0, 0.1) is 0 Å². The minimum Gasteiger partial charge on any atom is -0.393 e. The first-order chi connectivity index (χ1) is 10.5. The summed E-state index contributed by atoms with van der Waals surface area (Å²) in [5.41, 5.74) is 0.614. The van der Waals surface area contributed by atoms with Gasteiger partial charge in [0.05, 0.1) is 18.3 Å². The summed E-state index contributed by atoms with van der Waals surface area (Å²) in [5.74, 6) is -0.376. The third-order valence-electron chi connectivity index (χ3n) is 4.01. The van der Waals surface area contributed by atoms with Gasteiger partial charge in [-0.15, -0.1) is 0 Å². The standard InChI is InChI=1S/C18H19NO3/c1-13(20)11-18(22)15-9-5-6-10-16(15)19(17(18)21)12-14-7-3-2-4-8-14/h2-10,13,20,22H,11-12H2,1H3/t13-,18-/m0/s1. The number of amides is 1. The number of aliphatic hydroxyl groups is 2. The average Bonchev–Trinajstić information content (AvgIpc) is 2.70. The van der Waals surface area contributed by atoms with Crippen LogP contribution >= 0.6 is 0 Å². The van der Waals surface area contributed by atoms with Crippen LogP contribution in [-0.4, -0.2) is 22.2 Å². The molecule has 0 bridgehead atoms. The van der Waals surface area contributed by atoms with Gasteiger partial charge in [0.2, 0.25) is 0 Å². The van der Waals surface area contributed by atoms with Gasteiger partial charge in [0.1, 0.15) is 0 Å². The van der Waals surface area contributed by atoms with Crippen molar-refractivity contribution in [3.63, 3.8) is 0 Å². The zero-order chi connectivity index (χ0) is 15.7. The molecule has 114 valence electrons. The summed E-state index contributed by atoms with van der Waals surface area (Å²) in [6.07, 6.45) is -0.771. The molecular weight excluding hydrogens is 278 g/mol. The Morgan fingerprint density at radius 2 is 1.73 bits per heavy atom. The van der Waals surface area contributed by atoms with Crippen LogP contribution in [-0.2, 0) is 16.9 Å². The maximum absolute atomic E-state index is 12.8. The van der Waals surface area contributed by atoms with E-state index >= 15 is 0 Å². The van der Waals surface area contributed by atoms with E-state index < -0.39 is 11.7 Å². The Labute approximate surface area is 129 Å². The average molecular weight is 297 g/mol. The highest BCUT2D eigenvalue weighted by Gasteiger charge is 2.49. The summed E-state index contributed by atoms with van der Waals surface area (Å²) in [6, 6.07) is 16.9. The number of hydrogen-bond donors (Lipinski definition) is 2. The molecule has 0 fully saturated rings. The Kier molecular flexibility index (Phi) is 3.72. The Bertz CT molecular complexity index is 684. The van der Waals surface area contributed by atoms with Gasteiger partial charge in [-0.1, -0.05) is 48.5 Å². The molecule has 0 saturated heterocycles. The molecule has 1 aliphatic rings. The quantitative estimate of drug-likeness (QED) is 0.909. The Balaban J connectivity index is 2.01. The molecule has 0 unspecified atom stereocenters. The molecule has 0 spiro atoms. The predicted molar refractivity (Wildman–Crippen MR) is 84.3 cm³/mol. The van der Waals surface area contributed by atoms with Gasteiger partial charge < -0.3 is 15.1 Å². The van der Waals surface area contributed by atoms with Crippen LogP contribution in [0.3, 0.4) is 0 Å². The second-order valence-corrected chi connectivity index (χ2v) is 5.81. The van der Waals surface area contributed by atoms with Crippen LogP contribution in [0.1, 0.15) is 24.5 Å². The van der Waals surface area contributed by atoms with Crippen LogP contribution in [0.15, 0.2) is 54.6 Å². The lowest BCUT2D eigenvalue weighted by Crippen LogP contribution is -2.41. The Morgan fingerprint density at radius 1 is 1.09 bits per heavy atom. The first-order valence-corrected chi connectivity index (χ1v) is 7.38. The van der Waals surface area contributed by atoms with Gasteiger partial charge in [-0.05, 0) is 18.6 Å². The normalized spacial score (nSPS) is 21.8. The molecular formula is C18H19NO3. The van der Waals surface area contributed by atoms with E-state index in [1.54, 1.807) is 24.0 Å². The number of hydrogen-bond acceptors (Lipinski definition) is 3. The first-order valence-electron chi connectivity index (χ1n) is 7.38. The molecule has 3 rings (SSSR count). The van der Waals surface area contributed by atoms with Gasteiger partial charge in [-0.25, -0.2) is 0 Å². The lowest BCUT2D eigenvalue weighted by atomic mass is 9.90. The van der Waals surface area contributed by atoms with Gasteiger partial charge >= 0.3 is 0 Å². The summed E-state index contributed by atoms with van der Waals surface area (Å²) in [5, 5.41) is 20.5. The number of para-hydroxylation sites is 1. The van der Waals surface area contributed by atoms with E-state index in [9.17, 15) is 15.0 Å². The number of carbonyl (C=O) groups is 1. The second-order valence-electron chi connectivity index (χ2n) is 5.81. The van der Waals surface area contributed by atoms with Gasteiger partial charge in [0.15, 0.2) is 5.60 Å². The third-order valence-corrected chi connectivity index (χ3v) is 4.01. The Morgan fingerprint density at radius 3 is 2.41 bits per heavy atom. The predicted octanol–water partition coefficient (Wildman–Crippen LogP) is 2.19. The number of fused-ring (bicyclic) bond motifs is 1. The van der Waals surface area contributed by atoms with Gasteiger partial charge in [0, 0.05) is 12.0 Å². The largest absolute Gasteiger partial charge is 0.393 e. The molecule has 4 nitrogen and oxygen atoms in total. The van der Waals surface area contributed by atoms with E-state index in [1.165, 1.54) is 0 Å². The molecule has 4 heteroatoms. The number of anilines is 1. The first kappa shape index (κ1) is 14.8. The smallest absolute Gasteiger partial charge is 0.264 e. The van der Waals surface area contributed by atoms with Crippen molar-refractivity contribution < 1.29 is 15.0 Å². The van der Waals surface area contributed by atoms with E-state index in [4.69, 9.17) is 0 Å². The van der Waals surface area contributed by atoms with E-state index in [0.717, 1.165) is 5.56 Å². The summed E-state index contributed by atoms with van der Waals surface area (Å²) in [4.78, 5) is 14.4. The van der Waals surface area contributed by atoms with Gasteiger partial charge in [-0.3, -0.25) is 4.79 Å². The van der Waals surface area contributed by atoms with Crippen LogP contribution in [0.4, 0.5) is 5.69 Å². The number of rotatable bonds is 4. The molecule has 2 aromatic carbocycles. The van der Waals surface area contributed by atoms with Crippen molar-refractivity contribution in [1.82, 2.24) is 0 Å². The van der Waals surface area contributed by atoms with Gasteiger partial charge in [0.25, 0.3) is 5.91 Å². The topological polar surface area (TPSA) is 60.8 Å². The summed E-state index contributed by atoms with van der Waals surface area (Å²) in [7, 11) is 0. The zero-order valence-corrected chi connectivity index (χ0v) is 12.4. The fourth-order valence-corrected chi connectivity index (χ4v) is 3.05. The highest BCUT2D eigenvalue weighted by atomic mass is 16.3. The minimum atomic E-state index is -1.65. The fourth-order valence-electron chi connectivity index (χ4n) is 3.05. The van der Waals surface area contributed by atoms with Gasteiger partial charge in [-0.2, -0.15) is 0 Å². The molecule has 0 aromatic heterocycles. The molecule has 22 heavy (non-hydrogen) atoms. The van der Waals surface area contributed by atoms with E-state index in [-0.39, 0.29) is 12.3 Å². The molecule has 1 aliphatic heterocycles. The van der Waals surface area contributed by atoms with Crippen molar-refractivity contribution in [3.05, 3.63) is 65.7 Å². The molecule has 2 N–H and O–H groups in total.